The van der Waals surface area contributed by atoms with Gasteiger partial charge in [-0.25, -0.2) is 0 Å². The molecule has 0 heterocycles. The highest BCUT2D eigenvalue weighted by molar-refractivity contribution is 6.70. The number of rotatable bonds is 13. The van der Waals surface area contributed by atoms with Crippen molar-refractivity contribution in [1.29, 1.82) is 0 Å². The maximum atomic E-state index is 12.2. The normalized spacial score (nSPS) is 19.8. The summed E-state index contributed by atoms with van der Waals surface area (Å²) in [6.07, 6.45) is 10.9. The van der Waals surface area contributed by atoms with Crippen LogP contribution < -0.4 is 0 Å². The fourth-order valence-corrected chi connectivity index (χ4v) is 6.14. The second-order valence-electron chi connectivity index (χ2n) is 11.0. The number of unbranched alkanes of at least 4 members (excludes halogenated alkanes) is 1. The summed E-state index contributed by atoms with van der Waals surface area (Å²) in [6, 6.07) is 0. The van der Waals surface area contributed by atoms with E-state index < -0.39 is 25.0 Å². The summed E-state index contributed by atoms with van der Waals surface area (Å²) in [6.45, 7) is 20.6. The Hall–Kier alpha value is -0.319. The minimum absolute atomic E-state index is 0.0107. The standard InChI is InChI=1S/C22H44O4Si3/c1-27(2,3)24-18-20(25-28(4,5)6)15-13-11-10-12-14-19-16-21(17-22(19)23)26-29(7,8)9/h10,12,16,20-21H,11,13-15,17-18H2,1-9H3. The van der Waals surface area contributed by atoms with Gasteiger partial charge in [0.05, 0.1) is 18.8 Å². The Morgan fingerprint density at radius 2 is 1.66 bits per heavy atom. The molecule has 0 aromatic heterocycles. The van der Waals surface area contributed by atoms with Crippen LogP contribution in [0.4, 0.5) is 0 Å². The zero-order valence-electron chi connectivity index (χ0n) is 20.3. The largest absolute Gasteiger partial charge is 0.415 e. The summed E-state index contributed by atoms with van der Waals surface area (Å²) >= 11 is 0. The van der Waals surface area contributed by atoms with Gasteiger partial charge in [-0.15, -0.1) is 0 Å². The monoisotopic (exact) mass is 456 g/mol. The number of hydrogen-bond donors (Lipinski definition) is 0. The first-order valence-electron chi connectivity index (χ1n) is 11.0. The molecule has 29 heavy (non-hydrogen) atoms. The van der Waals surface area contributed by atoms with E-state index in [1.807, 2.05) is 6.08 Å². The SMILES string of the molecule is C[Si](C)(C)OCC(CCCC=CCC1=CC(O[Si](C)(C)C)CC1=O)O[Si](C)(C)C. The van der Waals surface area contributed by atoms with Crippen LogP contribution in [0, 0.1) is 0 Å². The van der Waals surface area contributed by atoms with Crippen molar-refractivity contribution < 1.29 is 18.1 Å². The third kappa shape index (κ3) is 13.6. The van der Waals surface area contributed by atoms with Crippen molar-refractivity contribution in [3.8, 4) is 0 Å². The molecule has 0 bridgehead atoms. The van der Waals surface area contributed by atoms with Gasteiger partial charge in [-0.2, -0.15) is 0 Å². The molecule has 2 unspecified atom stereocenters. The number of allylic oxidation sites excluding steroid dienone is 3. The first kappa shape index (κ1) is 26.7. The zero-order chi connectivity index (χ0) is 22.3. The molecule has 7 heteroatoms. The molecule has 2 atom stereocenters. The third-order valence-electron chi connectivity index (χ3n) is 4.26. The molecule has 0 spiro atoms. The third-order valence-corrected chi connectivity index (χ3v) is 7.34. The first-order chi connectivity index (χ1) is 13.1. The minimum Gasteiger partial charge on any atom is -0.415 e. The van der Waals surface area contributed by atoms with Crippen molar-refractivity contribution in [3.05, 3.63) is 23.8 Å². The number of ketones is 1. The van der Waals surface area contributed by atoms with E-state index in [1.54, 1.807) is 0 Å². The highest BCUT2D eigenvalue weighted by Crippen LogP contribution is 2.24. The van der Waals surface area contributed by atoms with Crippen molar-refractivity contribution in [3.63, 3.8) is 0 Å². The van der Waals surface area contributed by atoms with Crippen LogP contribution in [-0.4, -0.2) is 49.6 Å². The Morgan fingerprint density at radius 1 is 1.00 bits per heavy atom. The van der Waals surface area contributed by atoms with Gasteiger partial charge in [0.15, 0.2) is 30.7 Å². The fraction of sp³-hybridized carbons (Fsp3) is 0.773. The van der Waals surface area contributed by atoms with Crippen LogP contribution in [0.2, 0.25) is 58.9 Å². The number of hydrogen-bond acceptors (Lipinski definition) is 4. The molecule has 0 saturated heterocycles. The lowest BCUT2D eigenvalue weighted by Gasteiger charge is -2.29. The second kappa shape index (κ2) is 11.3. The predicted molar refractivity (Wildman–Crippen MR) is 131 cm³/mol. The number of Topliss-reactive ketones (excluding diaryl/α,β-unsaturated/α-hetero) is 1. The van der Waals surface area contributed by atoms with E-state index in [1.165, 1.54) is 0 Å². The molecule has 0 N–H and O–H groups in total. The van der Waals surface area contributed by atoms with Gasteiger partial charge in [0.1, 0.15) is 0 Å². The van der Waals surface area contributed by atoms with Gasteiger partial charge in [0.25, 0.3) is 0 Å². The minimum atomic E-state index is -1.61. The second-order valence-corrected chi connectivity index (χ2v) is 24.4. The average molecular weight is 457 g/mol. The van der Waals surface area contributed by atoms with E-state index in [0.29, 0.717) is 13.0 Å². The Balaban J connectivity index is 2.41. The van der Waals surface area contributed by atoms with Gasteiger partial charge in [-0.1, -0.05) is 12.2 Å². The van der Waals surface area contributed by atoms with Crippen LogP contribution in [0.5, 0.6) is 0 Å². The molecule has 0 saturated carbocycles. The van der Waals surface area contributed by atoms with E-state index in [4.69, 9.17) is 13.3 Å². The summed E-state index contributed by atoms with van der Waals surface area (Å²) in [5.41, 5.74) is 0.910. The number of carbonyl (C=O) groups excluding carboxylic acids is 1. The van der Waals surface area contributed by atoms with Crippen LogP contribution >= 0.6 is 0 Å². The van der Waals surface area contributed by atoms with Gasteiger partial charge in [0, 0.05) is 6.42 Å². The lowest BCUT2D eigenvalue weighted by atomic mass is 10.1. The summed E-state index contributed by atoms with van der Waals surface area (Å²) in [7, 11) is -4.71. The molecule has 1 aliphatic rings. The molecule has 1 rings (SSSR count). The molecule has 168 valence electrons. The van der Waals surface area contributed by atoms with Crippen LogP contribution in [0.1, 0.15) is 32.1 Å². The van der Waals surface area contributed by atoms with Gasteiger partial charge >= 0.3 is 0 Å². The maximum absolute atomic E-state index is 12.2. The molecule has 4 nitrogen and oxygen atoms in total. The Morgan fingerprint density at radius 3 is 2.21 bits per heavy atom. The summed E-state index contributed by atoms with van der Waals surface area (Å²) in [5.74, 6) is 0.241. The molecule has 0 aliphatic heterocycles. The first-order valence-corrected chi connectivity index (χ1v) is 21.3. The van der Waals surface area contributed by atoms with Crippen LogP contribution in [0.25, 0.3) is 0 Å². The molecule has 0 aromatic carbocycles. The summed E-state index contributed by atoms with van der Waals surface area (Å²) in [4.78, 5) is 12.2. The quantitative estimate of drug-likeness (QED) is 0.185. The van der Waals surface area contributed by atoms with Gasteiger partial charge in [0.2, 0.25) is 0 Å². The highest BCUT2D eigenvalue weighted by Gasteiger charge is 2.28. The molecule has 0 radical (unpaired) electrons. The highest BCUT2D eigenvalue weighted by atomic mass is 28.4. The maximum Gasteiger partial charge on any atom is 0.184 e. The van der Waals surface area contributed by atoms with E-state index in [2.05, 4.69) is 71.1 Å². The predicted octanol–water partition coefficient (Wildman–Crippen LogP) is 6.29. The molecule has 0 amide bonds. The topological polar surface area (TPSA) is 44.8 Å². The van der Waals surface area contributed by atoms with Crippen molar-refractivity contribution in [1.82, 2.24) is 0 Å². The smallest absolute Gasteiger partial charge is 0.184 e. The molecule has 0 aromatic rings. The Kier molecular flexibility index (Phi) is 10.4. The lowest BCUT2D eigenvalue weighted by Crippen LogP contribution is -2.38. The molecule has 1 aliphatic carbocycles. The van der Waals surface area contributed by atoms with E-state index in [0.717, 1.165) is 31.3 Å². The van der Waals surface area contributed by atoms with Crippen molar-refractivity contribution in [2.75, 3.05) is 6.61 Å². The van der Waals surface area contributed by atoms with Crippen LogP contribution in [-0.2, 0) is 18.1 Å². The summed E-state index contributed by atoms with van der Waals surface area (Å²) in [5, 5.41) is 0. The van der Waals surface area contributed by atoms with Crippen molar-refractivity contribution >= 4 is 30.7 Å². The fourth-order valence-electron chi connectivity index (χ4n) is 3.21. The van der Waals surface area contributed by atoms with Gasteiger partial charge < -0.3 is 13.3 Å². The average Bonchev–Trinajstić information content (AvgIpc) is 2.83. The molecular formula is C22H44O4Si3. The van der Waals surface area contributed by atoms with E-state index in [9.17, 15) is 4.79 Å². The zero-order valence-corrected chi connectivity index (χ0v) is 23.3. The van der Waals surface area contributed by atoms with E-state index in [-0.39, 0.29) is 18.0 Å². The number of carbonyl (C=O) groups is 1. The Bertz CT molecular complexity index is 580. The molecule has 0 fully saturated rings. The van der Waals surface area contributed by atoms with Crippen LogP contribution in [0.3, 0.4) is 0 Å². The van der Waals surface area contributed by atoms with Gasteiger partial charge in [-0.3, -0.25) is 4.79 Å². The molecular weight excluding hydrogens is 412 g/mol. The summed E-state index contributed by atoms with van der Waals surface area (Å²) < 4.78 is 18.5. The van der Waals surface area contributed by atoms with Crippen LogP contribution in [0.15, 0.2) is 23.8 Å². The van der Waals surface area contributed by atoms with Crippen molar-refractivity contribution in [2.45, 2.75) is 103 Å². The van der Waals surface area contributed by atoms with Gasteiger partial charge in [-0.05, 0) is 96.3 Å². The van der Waals surface area contributed by atoms with Crippen molar-refractivity contribution in [2.24, 2.45) is 0 Å². The lowest BCUT2D eigenvalue weighted by molar-refractivity contribution is -0.115. The Labute approximate surface area is 182 Å². The van der Waals surface area contributed by atoms with E-state index >= 15 is 0 Å².